The molecule has 0 saturated carbocycles. The summed E-state index contributed by atoms with van der Waals surface area (Å²) in [6.45, 7) is 3.87. The average Bonchev–Trinajstić information content (AvgIpc) is 2.51. The number of benzene rings is 1. The van der Waals surface area contributed by atoms with E-state index in [9.17, 15) is 4.39 Å². The summed E-state index contributed by atoms with van der Waals surface area (Å²) in [6, 6.07) is 5.13. The Morgan fingerprint density at radius 1 is 1.31 bits per heavy atom. The van der Waals surface area contributed by atoms with Crippen molar-refractivity contribution in [3.05, 3.63) is 29.6 Å². The minimum Gasteiger partial charge on any atom is -0.487 e. The summed E-state index contributed by atoms with van der Waals surface area (Å²) in [5, 5.41) is 3.31. The fourth-order valence-corrected chi connectivity index (χ4v) is 1.99. The number of nitrogens with one attached hydrogen (secondary N) is 1. The van der Waals surface area contributed by atoms with E-state index >= 15 is 0 Å². The van der Waals surface area contributed by atoms with Crippen LogP contribution >= 0.6 is 0 Å². The van der Waals surface area contributed by atoms with Crippen LogP contribution in [-0.4, -0.2) is 19.2 Å². The quantitative estimate of drug-likeness (QED) is 0.832. The van der Waals surface area contributed by atoms with E-state index < -0.39 is 0 Å². The Labute approximate surface area is 95.8 Å². The first kappa shape index (κ1) is 11.4. The average molecular weight is 223 g/mol. The molecule has 1 heterocycles. The lowest BCUT2D eigenvalue weighted by Gasteiger charge is -2.17. The Balaban J connectivity index is 2.01. The molecule has 0 amide bonds. The molecule has 1 N–H and O–H groups in total. The molecule has 1 unspecified atom stereocenters. The topological polar surface area (TPSA) is 21.3 Å². The molecular formula is C13H18FNO. The van der Waals surface area contributed by atoms with Gasteiger partial charge in [-0.15, -0.1) is 0 Å². The minimum absolute atomic E-state index is 0.146. The molecule has 1 aliphatic rings. The van der Waals surface area contributed by atoms with Crippen molar-refractivity contribution in [3.8, 4) is 5.75 Å². The lowest BCUT2D eigenvalue weighted by molar-refractivity contribution is 0.179. The highest BCUT2D eigenvalue weighted by atomic mass is 19.1. The second kappa shape index (κ2) is 5.30. The molecule has 1 atom stereocenters. The predicted octanol–water partition coefficient (Wildman–Crippen LogP) is 2.66. The lowest BCUT2D eigenvalue weighted by atomic mass is 10.1. The summed E-state index contributed by atoms with van der Waals surface area (Å²) in [7, 11) is 0. The van der Waals surface area contributed by atoms with Crippen molar-refractivity contribution in [3.63, 3.8) is 0 Å². The van der Waals surface area contributed by atoms with Crippen molar-refractivity contribution < 1.29 is 9.13 Å². The Kier molecular flexibility index (Phi) is 3.78. The van der Waals surface area contributed by atoms with Gasteiger partial charge in [0.25, 0.3) is 0 Å². The standard InChI is InChI=1S/C13H18FNO/c1-10-4-5-13(12(14)9-10)16-11-3-2-7-15-8-6-11/h4-5,9,11,15H,2-3,6-8H2,1H3. The van der Waals surface area contributed by atoms with Gasteiger partial charge < -0.3 is 10.1 Å². The van der Waals surface area contributed by atoms with Gasteiger partial charge in [-0.1, -0.05) is 6.07 Å². The van der Waals surface area contributed by atoms with E-state index in [0.717, 1.165) is 37.9 Å². The van der Waals surface area contributed by atoms with Crippen molar-refractivity contribution in [1.29, 1.82) is 0 Å². The van der Waals surface area contributed by atoms with Gasteiger partial charge in [0.1, 0.15) is 6.10 Å². The van der Waals surface area contributed by atoms with Gasteiger partial charge in [-0.2, -0.15) is 0 Å². The summed E-state index contributed by atoms with van der Waals surface area (Å²) < 4.78 is 19.3. The summed E-state index contributed by atoms with van der Waals surface area (Å²) >= 11 is 0. The second-order valence-corrected chi connectivity index (χ2v) is 4.35. The largest absolute Gasteiger partial charge is 0.487 e. The van der Waals surface area contributed by atoms with Crippen LogP contribution in [0.5, 0.6) is 5.75 Å². The van der Waals surface area contributed by atoms with Gasteiger partial charge in [-0.25, -0.2) is 4.39 Å². The molecule has 1 aliphatic heterocycles. The second-order valence-electron chi connectivity index (χ2n) is 4.35. The maximum atomic E-state index is 13.6. The number of hydrogen-bond acceptors (Lipinski definition) is 2. The van der Waals surface area contributed by atoms with Crippen molar-refractivity contribution in [2.75, 3.05) is 13.1 Å². The van der Waals surface area contributed by atoms with Gasteiger partial charge in [0.05, 0.1) is 0 Å². The number of rotatable bonds is 2. The SMILES string of the molecule is Cc1ccc(OC2CCCNCC2)c(F)c1. The van der Waals surface area contributed by atoms with Crippen LogP contribution in [0.3, 0.4) is 0 Å². The third kappa shape index (κ3) is 2.95. The van der Waals surface area contributed by atoms with Crippen LogP contribution in [0.1, 0.15) is 24.8 Å². The van der Waals surface area contributed by atoms with Crippen LogP contribution in [0.4, 0.5) is 4.39 Å². The smallest absolute Gasteiger partial charge is 0.165 e. The van der Waals surface area contributed by atoms with Crippen molar-refractivity contribution in [2.24, 2.45) is 0 Å². The van der Waals surface area contributed by atoms with Crippen LogP contribution in [-0.2, 0) is 0 Å². The number of ether oxygens (including phenoxy) is 1. The molecule has 2 rings (SSSR count). The Morgan fingerprint density at radius 2 is 2.19 bits per heavy atom. The molecule has 0 bridgehead atoms. The van der Waals surface area contributed by atoms with E-state index in [1.54, 1.807) is 6.07 Å². The van der Waals surface area contributed by atoms with Crippen LogP contribution in [0.2, 0.25) is 0 Å². The monoisotopic (exact) mass is 223 g/mol. The van der Waals surface area contributed by atoms with Crippen molar-refractivity contribution >= 4 is 0 Å². The first-order valence-corrected chi connectivity index (χ1v) is 5.89. The zero-order chi connectivity index (χ0) is 11.4. The fraction of sp³-hybridized carbons (Fsp3) is 0.538. The molecule has 1 aromatic carbocycles. The molecule has 1 saturated heterocycles. The molecule has 16 heavy (non-hydrogen) atoms. The molecule has 2 nitrogen and oxygen atoms in total. The van der Waals surface area contributed by atoms with Gasteiger partial charge in [0.2, 0.25) is 0 Å². The summed E-state index contributed by atoms with van der Waals surface area (Å²) in [5.41, 5.74) is 0.924. The third-order valence-corrected chi connectivity index (χ3v) is 2.90. The lowest BCUT2D eigenvalue weighted by Crippen LogP contribution is -2.19. The van der Waals surface area contributed by atoms with Gasteiger partial charge >= 0.3 is 0 Å². The van der Waals surface area contributed by atoms with Gasteiger partial charge in [0, 0.05) is 0 Å². The maximum Gasteiger partial charge on any atom is 0.165 e. The molecule has 1 fully saturated rings. The van der Waals surface area contributed by atoms with E-state index in [1.165, 1.54) is 6.07 Å². The number of hydrogen-bond donors (Lipinski definition) is 1. The van der Waals surface area contributed by atoms with Crippen LogP contribution < -0.4 is 10.1 Å². The van der Waals surface area contributed by atoms with Crippen molar-refractivity contribution in [2.45, 2.75) is 32.3 Å². The zero-order valence-electron chi connectivity index (χ0n) is 9.63. The minimum atomic E-state index is -0.253. The molecule has 88 valence electrons. The Hall–Kier alpha value is -1.09. The Bertz CT molecular complexity index is 346. The fourth-order valence-electron chi connectivity index (χ4n) is 1.99. The molecule has 0 aliphatic carbocycles. The first-order valence-electron chi connectivity index (χ1n) is 5.89. The molecule has 3 heteroatoms. The summed E-state index contributed by atoms with van der Waals surface area (Å²) in [4.78, 5) is 0. The third-order valence-electron chi connectivity index (χ3n) is 2.90. The maximum absolute atomic E-state index is 13.6. The number of aryl methyl sites for hydroxylation is 1. The Morgan fingerprint density at radius 3 is 3.00 bits per heavy atom. The van der Waals surface area contributed by atoms with Crippen LogP contribution in [0.25, 0.3) is 0 Å². The van der Waals surface area contributed by atoms with E-state index in [-0.39, 0.29) is 11.9 Å². The highest BCUT2D eigenvalue weighted by Gasteiger charge is 2.15. The van der Waals surface area contributed by atoms with E-state index in [2.05, 4.69) is 5.32 Å². The van der Waals surface area contributed by atoms with Crippen LogP contribution in [0.15, 0.2) is 18.2 Å². The molecular weight excluding hydrogens is 205 g/mol. The van der Waals surface area contributed by atoms with Gasteiger partial charge in [-0.3, -0.25) is 0 Å². The molecule has 0 aromatic heterocycles. The van der Waals surface area contributed by atoms with Crippen LogP contribution in [0, 0.1) is 12.7 Å². The molecule has 1 aromatic rings. The normalized spacial score (nSPS) is 21.5. The summed E-state index contributed by atoms with van der Waals surface area (Å²) in [5.74, 6) is 0.134. The van der Waals surface area contributed by atoms with E-state index in [1.807, 2.05) is 13.0 Å². The summed E-state index contributed by atoms with van der Waals surface area (Å²) in [6.07, 6.45) is 3.19. The highest BCUT2D eigenvalue weighted by Crippen LogP contribution is 2.21. The molecule has 0 radical (unpaired) electrons. The first-order chi connectivity index (χ1) is 7.75. The molecule has 0 spiro atoms. The number of halogens is 1. The predicted molar refractivity (Wildman–Crippen MR) is 62.3 cm³/mol. The van der Waals surface area contributed by atoms with E-state index in [0.29, 0.717) is 5.75 Å². The zero-order valence-corrected chi connectivity index (χ0v) is 9.63. The van der Waals surface area contributed by atoms with E-state index in [4.69, 9.17) is 4.74 Å². The van der Waals surface area contributed by atoms with Gasteiger partial charge in [0.15, 0.2) is 11.6 Å². The highest BCUT2D eigenvalue weighted by molar-refractivity contribution is 5.28. The van der Waals surface area contributed by atoms with Gasteiger partial charge in [-0.05, 0) is 57.0 Å². The van der Waals surface area contributed by atoms with Crippen molar-refractivity contribution in [1.82, 2.24) is 5.32 Å².